The predicted molar refractivity (Wildman–Crippen MR) is 75.5 cm³/mol. The summed E-state index contributed by atoms with van der Waals surface area (Å²) in [6, 6.07) is 7.01. The topological polar surface area (TPSA) is 115 Å². The third kappa shape index (κ3) is 4.05. The molecule has 0 fully saturated rings. The zero-order valence-electron chi connectivity index (χ0n) is 11.9. The van der Waals surface area contributed by atoms with Gasteiger partial charge in [0, 0.05) is 18.5 Å². The summed E-state index contributed by atoms with van der Waals surface area (Å²) >= 11 is 0. The maximum absolute atomic E-state index is 11.8. The van der Waals surface area contributed by atoms with Gasteiger partial charge in [-0.3, -0.25) is 9.59 Å². The number of nitrogens with one attached hydrogen (secondary N) is 1. The molecule has 1 aromatic carbocycles. The van der Waals surface area contributed by atoms with Crippen LogP contribution in [0.4, 0.5) is 0 Å². The molecule has 0 unspecified atom stereocenters. The molecule has 1 amide bonds. The SMILES string of the molecule is COc1cccc(-c2nc(C(=O)NCCCC(=O)O)no2)c1. The smallest absolute Gasteiger partial charge is 0.303 e. The van der Waals surface area contributed by atoms with Crippen molar-refractivity contribution in [2.75, 3.05) is 13.7 Å². The average Bonchev–Trinajstić information content (AvgIpc) is 3.01. The number of amides is 1. The van der Waals surface area contributed by atoms with Crippen LogP contribution in [0.15, 0.2) is 28.8 Å². The van der Waals surface area contributed by atoms with Crippen molar-refractivity contribution in [1.29, 1.82) is 0 Å². The maximum atomic E-state index is 11.8. The molecule has 0 atom stereocenters. The Bertz CT molecular complexity index is 668. The number of ether oxygens (including phenoxy) is 1. The predicted octanol–water partition coefficient (Wildman–Crippen LogP) is 1.34. The largest absolute Gasteiger partial charge is 0.497 e. The normalized spacial score (nSPS) is 10.2. The molecule has 2 rings (SSSR count). The van der Waals surface area contributed by atoms with Crippen LogP contribution < -0.4 is 10.1 Å². The number of carboxylic acids is 1. The van der Waals surface area contributed by atoms with Gasteiger partial charge in [0.1, 0.15) is 5.75 Å². The molecule has 0 aliphatic carbocycles. The fraction of sp³-hybridized carbons (Fsp3) is 0.286. The van der Waals surface area contributed by atoms with Crippen LogP contribution in [0.2, 0.25) is 0 Å². The minimum Gasteiger partial charge on any atom is -0.497 e. The minimum atomic E-state index is -0.908. The van der Waals surface area contributed by atoms with Gasteiger partial charge in [0.2, 0.25) is 0 Å². The van der Waals surface area contributed by atoms with Crippen LogP contribution in [-0.2, 0) is 4.79 Å². The molecule has 8 heteroatoms. The number of carbonyl (C=O) groups is 2. The summed E-state index contributed by atoms with van der Waals surface area (Å²) in [6.07, 6.45) is 0.323. The second kappa shape index (κ2) is 7.21. The number of methoxy groups -OCH3 is 1. The third-order valence-corrected chi connectivity index (χ3v) is 2.80. The second-order valence-corrected chi connectivity index (χ2v) is 4.41. The highest BCUT2D eigenvalue weighted by Gasteiger charge is 2.15. The molecule has 116 valence electrons. The zero-order valence-corrected chi connectivity index (χ0v) is 11.9. The number of aliphatic carboxylic acids is 1. The summed E-state index contributed by atoms with van der Waals surface area (Å²) in [5, 5.41) is 14.6. The number of benzene rings is 1. The monoisotopic (exact) mass is 305 g/mol. The van der Waals surface area contributed by atoms with Crippen LogP contribution in [-0.4, -0.2) is 40.8 Å². The first-order valence-corrected chi connectivity index (χ1v) is 6.58. The van der Waals surface area contributed by atoms with Gasteiger partial charge in [0.25, 0.3) is 17.6 Å². The van der Waals surface area contributed by atoms with Crippen LogP contribution in [0.25, 0.3) is 11.5 Å². The van der Waals surface area contributed by atoms with E-state index in [9.17, 15) is 9.59 Å². The van der Waals surface area contributed by atoms with E-state index >= 15 is 0 Å². The molecule has 1 aromatic heterocycles. The summed E-state index contributed by atoms with van der Waals surface area (Å²) in [5.74, 6) is -0.685. The number of carbonyl (C=O) groups excluding carboxylic acids is 1. The van der Waals surface area contributed by atoms with Crippen LogP contribution >= 0.6 is 0 Å². The lowest BCUT2D eigenvalue weighted by atomic mass is 10.2. The molecule has 8 nitrogen and oxygen atoms in total. The molecule has 0 bridgehead atoms. The van der Waals surface area contributed by atoms with Gasteiger partial charge in [0.15, 0.2) is 0 Å². The Labute approximate surface area is 126 Å². The highest BCUT2D eigenvalue weighted by molar-refractivity contribution is 5.90. The summed E-state index contributed by atoms with van der Waals surface area (Å²) < 4.78 is 10.1. The summed E-state index contributed by atoms with van der Waals surface area (Å²) in [5.41, 5.74) is 0.636. The maximum Gasteiger partial charge on any atom is 0.303 e. The Balaban J connectivity index is 1.98. The van der Waals surface area contributed by atoms with Crippen molar-refractivity contribution in [2.24, 2.45) is 0 Å². The number of nitrogens with zero attached hydrogens (tertiary/aromatic N) is 2. The number of carboxylic acid groups (broad SMARTS) is 1. The molecule has 0 aliphatic heterocycles. The van der Waals surface area contributed by atoms with E-state index in [4.69, 9.17) is 14.4 Å². The standard InChI is InChI=1S/C14H15N3O5/c1-21-10-5-2-4-9(8-10)14-16-12(17-22-14)13(20)15-7-3-6-11(18)19/h2,4-5,8H,3,6-7H2,1H3,(H,15,20)(H,18,19). The highest BCUT2D eigenvalue weighted by Crippen LogP contribution is 2.22. The molecule has 2 N–H and O–H groups in total. The van der Waals surface area contributed by atoms with Crippen LogP contribution in [0.3, 0.4) is 0 Å². The van der Waals surface area contributed by atoms with E-state index in [1.807, 2.05) is 0 Å². The van der Waals surface area contributed by atoms with Gasteiger partial charge in [-0.25, -0.2) is 0 Å². The number of aromatic nitrogens is 2. The van der Waals surface area contributed by atoms with Gasteiger partial charge >= 0.3 is 5.97 Å². The highest BCUT2D eigenvalue weighted by atomic mass is 16.5. The minimum absolute atomic E-state index is 0.0123. The number of hydrogen-bond acceptors (Lipinski definition) is 6. The zero-order chi connectivity index (χ0) is 15.9. The fourth-order valence-electron chi connectivity index (χ4n) is 1.71. The summed E-state index contributed by atoms with van der Waals surface area (Å²) in [7, 11) is 1.54. The van der Waals surface area contributed by atoms with Crippen molar-refractivity contribution < 1.29 is 24.0 Å². The lowest BCUT2D eigenvalue weighted by molar-refractivity contribution is -0.137. The van der Waals surface area contributed by atoms with Gasteiger partial charge in [-0.05, 0) is 24.6 Å². The first-order chi connectivity index (χ1) is 10.6. The van der Waals surface area contributed by atoms with Crippen molar-refractivity contribution in [3.63, 3.8) is 0 Å². The Morgan fingerprint density at radius 3 is 2.95 bits per heavy atom. The van der Waals surface area contributed by atoms with Gasteiger partial charge in [-0.1, -0.05) is 11.2 Å². The van der Waals surface area contributed by atoms with Gasteiger partial charge < -0.3 is 19.7 Å². The number of rotatable bonds is 7. The molecule has 2 aromatic rings. The molecular formula is C14H15N3O5. The summed E-state index contributed by atoms with van der Waals surface area (Å²) in [4.78, 5) is 26.2. The van der Waals surface area contributed by atoms with Crippen molar-refractivity contribution in [3.8, 4) is 17.2 Å². The first-order valence-electron chi connectivity index (χ1n) is 6.58. The van der Waals surface area contributed by atoms with Crippen molar-refractivity contribution in [2.45, 2.75) is 12.8 Å². The van der Waals surface area contributed by atoms with E-state index < -0.39 is 11.9 Å². The van der Waals surface area contributed by atoms with E-state index in [0.29, 0.717) is 17.7 Å². The van der Waals surface area contributed by atoms with Crippen molar-refractivity contribution in [1.82, 2.24) is 15.5 Å². The first kappa shape index (κ1) is 15.5. The molecule has 22 heavy (non-hydrogen) atoms. The molecule has 0 aliphatic rings. The third-order valence-electron chi connectivity index (χ3n) is 2.80. The number of hydrogen-bond donors (Lipinski definition) is 2. The molecule has 0 saturated heterocycles. The van der Waals surface area contributed by atoms with Crippen LogP contribution in [0.1, 0.15) is 23.5 Å². The van der Waals surface area contributed by atoms with Crippen LogP contribution in [0.5, 0.6) is 5.75 Å². The van der Waals surface area contributed by atoms with E-state index in [2.05, 4.69) is 15.5 Å². The molecule has 0 spiro atoms. The Morgan fingerprint density at radius 2 is 2.23 bits per heavy atom. The van der Waals surface area contributed by atoms with E-state index in [-0.39, 0.29) is 24.7 Å². The van der Waals surface area contributed by atoms with Gasteiger partial charge in [-0.2, -0.15) is 4.98 Å². The molecule has 0 radical (unpaired) electrons. The van der Waals surface area contributed by atoms with Gasteiger partial charge in [0.05, 0.1) is 7.11 Å². The summed E-state index contributed by atoms with van der Waals surface area (Å²) in [6.45, 7) is 0.230. The second-order valence-electron chi connectivity index (χ2n) is 4.41. The van der Waals surface area contributed by atoms with Crippen LogP contribution in [0, 0.1) is 0 Å². The van der Waals surface area contributed by atoms with E-state index in [1.165, 1.54) is 0 Å². The Morgan fingerprint density at radius 1 is 1.41 bits per heavy atom. The lowest BCUT2D eigenvalue weighted by Gasteiger charge is -2.00. The molecule has 0 saturated carbocycles. The Kier molecular flexibility index (Phi) is 5.07. The van der Waals surface area contributed by atoms with Crippen molar-refractivity contribution >= 4 is 11.9 Å². The van der Waals surface area contributed by atoms with E-state index in [0.717, 1.165) is 0 Å². The molecule has 1 heterocycles. The average molecular weight is 305 g/mol. The molecular weight excluding hydrogens is 290 g/mol. The quantitative estimate of drug-likeness (QED) is 0.742. The van der Waals surface area contributed by atoms with E-state index in [1.54, 1.807) is 31.4 Å². The van der Waals surface area contributed by atoms with Gasteiger partial charge in [-0.15, -0.1) is 0 Å². The lowest BCUT2D eigenvalue weighted by Crippen LogP contribution is -2.25. The van der Waals surface area contributed by atoms with Crippen molar-refractivity contribution in [3.05, 3.63) is 30.1 Å². The Hall–Kier alpha value is -2.90. The fourth-order valence-corrected chi connectivity index (χ4v) is 1.71.